The van der Waals surface area contributed by atoms with Crippen LogP contribution in [0.4, 0.5) is 5.13 Å². The van der Waals surface area contributed by atoms with Crippen molar-refractivity contribution in [2.75, 3.05) is 37.8 Å². The lowest BCUT2D eigenvalue weighted by Gasteiger charge is -2.21. The number of rotatable bonds is 8. The number of carbonyl (C=O) groups excluding carboxylic acids is 1. The minimum Gasteiger partial charge on any atom is -0.309 e. The van der Waals surface area contributed by atoms with Crippen LogP contribution in [0, 0.1) is 20.8 Å². The van der Waals surface area contributed by atoms with Gasteiger partial charge in [-0.15, -0.1) is 0 Å². The molecule has 0 aliphatic carbocycles. The van der Waals surface area contributed by atoms with Gasteiger partial charge >= 0.3 is 0 Å². The fourth-order valence-corrected chi connectivity index (χ4v) is 5.80. The third-order valence-corrected chi connectivity index (χ3v) is 7.67. The Balaban J connectivity index is 1.92. The molecule has 1 aromatic heterocycles. The number of hydrogen-bond acceptors (Lipinski definition) is 6. The highest BCUT2D eigenvalue weighted by Crippen LogP contribution is 2.32. The van der Waals surface area contributed by atoms with Crippen LogP contribution in [-0.4, -0.2) is 57.1 Å². The molecule has 0 saturated carbocycles. The Bertz CT molecular complexity index is 1180. The number of nitrogens with zero attached hydrogens (tertiary/aromatic N) is 3. The number of hydrogen-bond donors (Lipinski definition) is 0. The summed E-state index contributed by atoms with van der Waals surface area (Å²) in [5.41, 5.74) is 4.01. The standard InChI is InChI=1S/C23H29N3O3S2/c1-16-7-9-19(10-8-16)31(28,29)15-21(27)26(12-6-11-25(4)5)23-24-22-18(3)13-17(2)14-20(22)30-23/h7-10,13-14H,6,11-12,15H2,1-5H3. The van der Waals surface area contributed by atoms with Gasteiger partial charge in [-0.1, -0.05) is 35.1 Å². The molecule has 6 nitrogen and oxygen atoms in total. The minimum atomic E-state index is -3.74. The van der Waals surface area contributed by atoms with Gasteiger partial charge in [-0.25, -0.2) is 13.4 Å². The van der Waals surface area contributed by atoms with Crippen molar-refractivity contribution < 1.29 is 13.2 Å². The topological polar surface area (TPSA) is 70.6 Å². The van der Waals surface area contributed by atoms with Crippen molar-refractivity contribution in [1.29, 1.82) is 0 Å². The molecule has 0 spiro atoms. The number of thiazole rings is 1. The van der Waals surface area contributed by atoms with Crippen LogP contribution in [0.15, 0.2) is 41.3 Å². The molecule has 0 aliphatic rings. The zero-order chi connectivity index (χ0) is 22.8. The van der Waals surface area contributed by atoms with Crippen molar-refractivity contribution in [3.8, 4) is 0 Å². The van der Waals surface area contributed by atoms with Crippen LogP contribution in [0.5, 0.6) is 0 Å². The van der Waals surface area contributed by atoms with Crippen LogP contribution in [0.2, 0.25) is 0 Å². The predicted molar refractivity (Wildman–Crippen MR) is 128 cm³/mol. The Kier molecular flexibility index (Phi) is 7.13. The number of benzene rings is 2. The molecule has 0 atom stereocenters. The van der Waals surface area contributed by atoms with E-state index in [-0.39, 0.29) is 4.90 Å². The lowest BCUT2D eigenvalue weighted by Crippen LogP contribution is -2.37. The Hall–Kier alpha value is -2.29. The number of fused-ring (bicyclic) bond motifs is 1. The Morgan fingerprint density at radius 3 is 2.32 bits per heavy atom. The normalized spacial score (nSPS) is 11.9. The van der Waals surface area contributed by atoms with E-state index in [2.05, 4.69) is 12.1 Å². The van der Waals surface area contributed by atoms with Crippen molar-refractivity contribution in [2.45, 2.75) is 32.1 Å². The summed E-state index contributed by atoms with van der Waals surface area (Å²) in [4.78, 5) is 21.6. The predicted octanol–water partition coefficient (Wildman–Crippen LogP) is 3.98. The number of amides is 1. The van der Waals surface area contributed by atoms with E-state index in [1.807, 2.05) is 39.8 Å². The highest BCUT2D eigenvalue weighted by Gasteiger charge is 2.26. The maximum absolute atomic E-state index is 13.2. The van der Waals surface area contributed by atoms with Crippen molar-refractivity contribution >= 4 is 42.4 Å². The molecule has 0 radical (unpaired) electrons. The van der Waals surface area contributed by atoms with Gasteiger partial charge in [0.25, 0.3) is 0 Å². The summed E-state index contributed by atoms with van der Waals surface area (Å²) in [5.74, 6) is -1.03. The lowest BCUT2D eigenvalue weighted by molar-refractivity contribution is -0.116. The molecule has 0 aliphatic heterocycles. The Morgan fingerprint density at radius 2 is 1.68 bits per heavy atom. The number of sulfone groups is 1. The number of aryl methyl sites for hydroxylation is 3. The van der Waals surface area contributed by atoms with E-state index in [4.69, 9.17) is 4.98 Å². The number of anilines is 1. The van der Waals surface area contributed by atoms with Gasteiger partial charge in [0.2, 0.25) is 5.91 Å². The molecule has 0 bridgehead atoms. The first kappa shape index (κ1) is 23.4. The molecular formula is C23H29N3O3S2. The third-order valence-electron chi connectivity index (χ3n) is 5.03. The van der Waals surface area contributed by atoms with Crippen molar-refractivity contribution in [3.63, 3.8) is 0 Å². The van der Waals surface area contributed by atoms with Crippen LogP contribution >= 0.6 is 11.3 Å². The van der Waals surface area contributed by atoms with Crippen LogP contribution in [0.3, 0.4) is 0 Å². The molecule has 3 aromatic rings. The van der Waals surface area contributed by atoms with Gasteiger partial charge in [0.05, 0.1) is 15.1 Å². The van der Waals surface area contributed by atoms with Crippen molar-refractivity contribution in [3.05, 3.63) is 53.1 Å². The van der Waals surface area contributed by atoms with E-state index in [1.54, 1.807) is 24.3 Å². The van der Waals surface area contributed by atoms with E-state index < -0.39 is 21.5 Å². The summed E-state index contributed by atoms with van der Waals surface area (Å²) in [6, 6.07) is 10.7. The second kappa shape index (κ2) is 9.46. The van der Waals surface area contributed by atoms with Gasteiger partial charge in [0.15, 0.2) is 15.0 Å². The first-order chi connectivity index (χ1) is 14.6. The molecular weight excluding hydrogens is 430 g/mol. The van der Waals surface area contributed by atoms with Crippen LogP contribution in [0.1, 0.15) is 23.1 Å². The quantitative estimate of drug-likeness (QED) is 0.510. The van der Waals surface area contributed by atoms with Gasteiger partial charge in [0.1, 0.15) is 5.75 Å². The monoisotopic (exact) mass is 459 g/mol. The van der Waals surface area contributed by atoms with E-state index in [0.29, 0.717) is 11.7 Å². The van der Waals surface area contributed by atoms with Gasteiger partial charge < -0.3 is 4.90 Å². The molecule has 0 saturated heterocycles. The first-order valence-electron chi connectivity index (χ1n) is 10.2. The molecule has 2 aromatic carbocycles. The Labute approximate surface area is 188 Å². The SMILES string of the molecule is Cc1ccc(S(=O)(=O)CC(=O)N(CCCN(C)C)c2nc3c(C)cc(C)cc3s2)cc1. The van der Waals surface area contributed by atoms with Crippen LogP contribution in [-0.2, 0) is 14.6 Å². The Morgan fingerprint density at radius 1 is 1.00 bits per heavy atom. The van der Waals surface area contributed by atoms with E-state index in [0.717, 1.165) is 39.9 Å². The second-order valence-electron chi connectivity index (χ2n) is 8.20. The number of aromatic nitrogens is 1. The fourth-order valence-electron chi connectivity index (χ4n) is 3.42. The van der Waals surface area contributed by atoms with E-state index in [1.165, 1.54) is 16.2 Å². The summed E-state index contributed by atoms with van der Waals surface area (Å²) in [6.07, 6.45) is 0.719. The molecule has 166 valence electrons. The third kappa shape index (κ3) is 5.70. The van der Waals surface area contributed by atoms with Crippen LogP contribution < -0.4 is 4.90 Å². The van der Waals surface area contributed by atoms with Crippen molar-refractivity contribution in [1.82, 2.24) is 9.88 Å². The summed E-state index contributed by atoms with van der Waals surface area (Å²) in [5, 5.41) is 0.548. The number of carbonyl (C=O) groups is 1. The van der Waals surface area contributed by atoms with E-state index >= 15 is 0 Å². The first-order valence-corrected chi connectivity index (χ1v) is 12.7. The second-order valence-corrected chi connectivity index (χ2v) is 11.2. The van der Waals surface area contributed by atoms with Crippen LogP contribution in [0.25, 0.3) is 10.2 Å². The summed E-state index contributed by atoms with van der Waals surface area (Å²) >= 11 is 1.43. The summed E-state index contributed by atoms with van der Waals surface area (Å²) in [7, 11) is 0.200. The maximum Gasteiger partial charge on any atom is 0.244 e. The fraction of sp³-hybridized carbons (Fsp3) is 0.391. The molecule has 0 unspecified atom stereocenters. The molecule has 0 fully saturated rings. The highest BCUT2D eigenvalue weighted by molar-refractivity contribution is 7.92. The van der Waals surface area contributed by atoms with Gasteiger partial charge in [-0.3, -0.25) is 9.69 Å². The lowest BCUT2D eigenvalue weighted by atomic mass is 10.1. The summed E-state index contributed by atoms with van der Waals surface area (Å²) < 4.78 is 26.7. The van der Waals surface area contributed by atoms with Gasteiger partial charge in [-0.2, -0.15) is 0 Å². The van der Waals surface area contributed by atoms with Crippen molar-refractivity contribution in [2.24, 2.45) is 0 Å². The minimum absolute atomic E-state index is 0.162. The average Bonchev–Trinajstić information content (AvgIpc) is 3.08. The largest absolute Gasteiger partial charge is 0.309 e. The maximum atomic E-state index is 13.2. The highest BCUT2D eigenvalue weighted by atomic mass is 32.2. The molecule has 1 amide bonds. The smallest absolute Gasteiger partial charge is 0.244 e. The molecule has 0 N–H and O–H groups in total. The molecule has 31 heavy (non-hydrogen) atoms. The summed E-state index contributed by atoms with van der Waals surface area (Å²) in [6.45, 7) is 7.12. The molecule has 3 rings (SSSR count). The average molecular weight is 460 g/mol. The molecule has 1 heterocycles. The molecule has 8 heteroatoms. The zero-order valence-corrected chi connectivity index (χ0v) is 20.3. The van der Waals surface area contributed by atoms with Gasteiger partial charge in [0, 0.05) is 6.54 Å². The van der Waals surface area contributed by atoms with E-state index in [9.17, 15) is 13.2 Å². The zero-order valence-electron chi connectivity index (χ0n) is 18.7. The van der Waals surface area contributed by atoms with Gasteiger partial charge in [-0.05, 0) is 77.2 Å².